The minimum Gasteiger partial charge on any atom is -0.326 e. The molecule has 0 bridgehead atoms. The number of amides is 2. The standard InChI is InChI=1S/C20H20N2O2/c1-14-3-2-4-15(13-14)5-12-19(23)21-17-8-10-18(11-9-17)22-20(24)16-6-7-16/h2-5,8-13,16H,6-7H2,1H3,(H,21,23)(H,22,24)/b12-5+. The van der Waals surface area contributed by atoms with Crippen LogP contribution in [0, 0.1) is 12.8 Å². The van der Waals surface area contributed by atoms with Crippen LogP contribution in [0.4, 0.5) is 11.4 Å². The molecule has 0 spiro atoms. The summed E-state index contributed by atoms with van der Waals surface area (Å²) in [4.78, 5) is 23.7. The Morgan fingerprint density at radius 2 is 1.67 bits per heavy atom. The first-order valence-corrected chi connectivity index (χ1v) is 8.07. The number of carbonyl (C=O) groups is 2. The van der Waals surface area contributed by atoms with E-state index in [4.69, 9.17) is 0 Å². The Morgan fingerprint density at radius 3 is 2.29 bits per heavy atom. The molecule has 2 N–H and O–H groups in total. The van der Waals surface area contributed by atoms with E-state index in [1.807, 2.05) is 31.2 Å². The highest BCUT2D eigenvalue weighted by Crippen LogP contribution is 2.30. The van der Waals surface area contributed by atoms with Crippen molar-refractivity contribution in [1.29, 1.82) is 0 Å². The van der Waals surface area contributed by atoms with Crippen molar-refractivity contribution >= 4 is 29.3 Å². The van der Waals surface area contributed by atoms with Gasteiger partial charge in [0, 0.05) is 23.4 Å². The lowest BCUT2D eigenvalue weighted by Crippen LogP contribution is -2.13. The van der Waals surface area contributed by atoms with Crippen molar-refractivity contribution in [1.82, 2.24) is 0 Å². The second kappa shape index (κ2) is 7.13. The van der Waals surface area contributed by atoms with Crippen LogP contribution in [0.2, 0.25) is 0 Å². The number of hydrogen-bond acceptors (Lipinski definition) is 2. The van der Waals surface area contributed by atoms with E-state index < -0.39 is 0 Å². The number of aryl methyl sites for hydroxylation is 1. The van der Waals surface area contributed by atoms with Crippen molar-refractivity contribution in [3.8, 4) is 0 Å². The number of anilines is 2. The molecule has 2 aromatic carbocycles. The van der Waals surface area contributed by atoms with Gasteiger partial charge in [-0.05, 0) is 55.7 Å². The lowest BCUT2D eigenvalue weighted by Gasteiger charge is -2.06. The minimum absolute atomic E-state index is 0.0767. The topological polar surface area (TPSA) is 58.2 Å². The molecule has 1 fully saturated rings. The molecule has 3 rings (SSSR count). The number of nitrogens with one attached hydrogen (secondary N) is 2. The van der Waals surface area contributed by atoms with Crippen molar-refractivity contribution in [2.24, 2.45) is 5.92 Å². The molecule has 0 saturated heterocycles. The predicted octanol–water partition coefficient (Wildman–Crippen LogP) is 4.00. The van der Waals surface area contributed by atoms with Gasteiger partial charge in [-0.3, -0.25) is 9.59 Å². The van der Waals surface area contributed by atoms with E-state index in [2.05, 4.69) is 10.6 Å². The highest BCUT2D eigenvalue weighted by Gasteiger charge is 2.29. The first kappa shape index (κ1) is 16.0. The van der Waals surface area contributed by atoms with Crippen LogP contribution in [0.1, 0.15) is 24.0 Å². The second-order valence-corrected chi connectivity index (χ2v) is 6.08. The SMILES string of the molecule is Cc1cccc(/C=C/C(=O)Nc2ccc(NC(=O)C3CC3)cc2)c1. The van der Waals surface area contributed by atoms with Crippen molar-refractivity contribution < 1.29 is 9.59 Å². The van der Waals surface area contributed by atoms with Crippen LogP contribution in [0.5, 0.6) is 0 Å². The molecule has 0 aliphatic heterocycles. The van der Waals surface area contributed by atoms with E-state index in [-0.39, 0.29) is 17.7 Å². The third-order valence-electron chi connectivity index (χ3n) is 3.84. The molecule has 0 heterocycles. The Kier molecular flexibility index (Phi) is 4.75. The molecule has 24 heavy (non-hydrogen) atoms. The highest BCUT2D eigenvalue weighted by atomic mass is 16.2. The summed E-state index contributed by atoms with van der Waals surface area (Å²) < 4.78 is 0. The van der Waals surface area contributed by atoms with Gasteiger partial charge in [0.1, 0.15) is 0 Å². The van der Waals surface area contributed by atoms with E-state index in [0.717, 1.165) is 29.7 Å². The largest absolute Gasteiger partial charge is 0.326 e. The lowest BCUT2D eigenvalue weighted by atomic mass is 10.1. The fourth-order valence-electron chi connectivity index (χ4n) is 2.36. The molecule has 2 amide bonds. The van der Waals surface area contributed by atoms with Gasteiger partial charge < -0.3 is 10.6 Å². The minimum atomic E-state index is -0.189. The molecule has 1 aliphatic rings. The average Bonchev–Trinajstić information content (AvgIpc) is 3.40. The summed E-state index contributed by atoms with van der Waals surface area (Å²) in [6.45, 7) is 2.01. The summed E-state index contributed by atoms with van der Waals surface area (Å²) in [7, 11) is 0. The second-order valence-electron chi connectivity index (χ2n) is 6.08. The van der Waals surface area contributed by atoms with Gasteiger partial charge in [-0.15, -0.1) is 0 Å². The summed E-state index contributed by atoms with van der Waals surface area (Å²) >= 11 is 0. The van der Waals surface area contributed by atoms with Gasteiger partial charge in [-0.2, -0.15) is 0 Å². The van der Waals surface area contributed by atoms with Gasteiger partial charge in [-0.1, -0.05) is 29.8 Å². The number of rotatable bonds is 5. The maximum absolute atomic E-state index is 12.0. The van der Waals surface area contributed by atoms with Crippen molar-refractivity contribution in [2.75, 3.05) is 10.6 Å². The Labute approximate surface area is 141 Å². The van der Waals surface area contributed by atoms with Crippen LogP contribution in [0.3, 0.4) is 0 Å². The summed E-state index contributed by atoms with van der Waals surface area (Å²) in [6, 6.07) is 15.1. The Balaban J connectivity index is 1.55. The zero-order chi connectivity index (χ0) is 16.9. The third-order valence-corrected chi connectivity index (χ3v) is 3.84. The monoisotopic (exact) mass is 320 g/mol. The molecule has 0 aromatic heterocycles. The number of hydrogen-bond donors (Lipinski definition) is 2. The summed E-state index contributed by atoms with van der Waals surface area (Å²) in [5.41, 5.74) is 3.59. The molecule has 0 unspecified atom stereocenters. The van der Waals surface area contributed by atoms with Crippen LogP contribution in [-0.4, -0.2) is 11.8 Å². The first-order valence-electron chi connectivity index (χ1n) is 8.07. The molecular weight excluding hydrogens is 300 g/mol. The summed E-state index contributed by atoms with van der Waals surface area (Å²) in [5.74, 6) is 0.0651. The molecule has 4 heteroatoms. The molecule has 4 nitrogen and oxygen atoms in total. The van der Waals surface area contributed by atoms with Gasteiger partial charge in [0.15, 0.2) is 0 Å². The van der Waals surface area contributed by atoms with Crippen LogP contribution in [0.25, 0.3) is 6.08 Å². The van der Waals surface area contributed by atoms with Crippen molar-refractivity contribution in [3.05, 3.63) is 65.7 Å². The van der Waals surface area contributed by atoms with Crippen LogP contribution in [-0.2, 0) is 9.59 Å². The van der Waals surface area contributed by atoms with Crippen LogP contribution in [0.15, 0.2) is 54.6 Å². The molecule has 1 saturated carbocycles. The maximum atomic E-state index is 12.0. The van der Waals surface area contributed by atoms with Gasteiger partial charge in [-0.25, -0.2) is 0 Å². The molecule has 0 radical (unpaired) electrons. The summed E-state index contributed by atoms with van der Waals surface area (Å²) in [6.07, 6.45) is 5.25. The maximum Gasteiger partial charge on any atom is 0.248 e. The fourth-order valence-corrected chi connectivity index (χ4v) is 2.36. The smallest absolute Gasteiger partial charge is 0.248 e. The third kappa shape index (κ3) is 4.56. The van der Waals surface area contributed by atoms with E-state index in [1.165, 1.54) is 6.08 Å². The van der Waals surface area contributed by atoms with Gasteiger partial charge >= 0.3 is 0 Å². The number of benzene rings is 2. The zero-order valence-electron chi connectivity index (χ0n) is 13.6. The van der Waals surface area contributed by atoms with Crippen molar-refractivity contribution in [2.45, 2.75) is 19.8 Å². The quantitative estimate of drug-likeness (QED) is 0.818. The predicted molar refractivity (Wildman–Crippen MR) is 96.6 cm³/mol. The lowest BCUT2D eigenvalue weighted by molar-refractivity contribution is -0.117. The van der Waals surface area contributed by atoms with Gasteiger partial charge in [0.2, 0.25) is 11.8 Å². The molecule has 122 valence electrons. The Hall–Kier alpha value is -2.88. The van der Waals surface area contributed by atoms with E-state index in [0.29, 0.717) is 5.69 Å². The van der Waals surface area contributed by atoms with E-state index in [1.54, 1.807) is 30.3 Å². The Morgan fingerprint density at radius 1 is 1.00 bits per heavy atom. The first-order chi connectivity index (χ1) is 11.6. The Bertz CT molecular complexity index is 774. The molecular formula is C20H20N2O2. The fraction of sp³-hybridized carbons (Fsp3) is 0.200. The van der Waals surface area contributed by atoms with Gasteiger partial charge in [0.05, 0.1) is 0 Å². The average molecular weight is 320 g/mol. The molecule has 1 aliphatic carbocycles. The zero-order valence-corrected chi connectivity index (χ0v) is 13.6. The summed E-state index contributed by atoms with van der Waals surface area (Å²) in [5, 5.41) is 5.67. The van der Waals surface area contributed by atoms with Crippen LogP contribution >= 0.6 is 0 Å². The molecule has 2 aromatic rings. The van der Waals surface area contributed by atoms with E-state index >= 15 is 0 Å². The van der Waals surface area contributed by atoms with E-state index in [9.17, 15) is 9.59 Å². The van der Waals surface area contributed by atoms with Gasteiger partial charge in [0.25, 0.3) is 0 Å². The number of carbonyl (C=O) groups excluding carboxylic acids is 2. The van der Waals surface area contributed by atoms with Crippen molar-refractivity contribution in [3.63, 3.8) is 0 Å². The van der Waals surface area contributed by atoms with Crippen LogP contribution < -0.4 is 10.6 Å². The molecule has 0 atom stereocenters. The normalized spacial score (nSPS) is 13.7. The highest BCUT2D eigenvalue weighted by molar-refractivity contribution is 6.02.